The van der Waals surface area contributed by atoms with Gasteiger partial charge in [-0.15, -0.1) is 0 Å². The molecule has 10 nitrogen and oxygen atoms in total. The predicted molar refractivity (Wildman–Crippen MR) is 62.4 cm³/mol. The summed E-state index contributed by atoms with van der Waals surface area (Å²) in [4.78, 5) is 35.0. The Kier molecular flexibility index (Phi) is 3.91. The van der Waals surface area contributed by atoms with Crippen LogP contribution in [0.2, 0.25) is 0 Å². The van der Waals surface area contributed by atoms with Gasteiger partial charge in [0.2, 0.25) is 11.7 Å². The van der Waals surface area contributed by atoms with Crippen molar-refractivity contribution < 1.29 is 29.2 Å². The summed E-state index contributed by atoms with van der Waals surface area (Å²) < 4.78 is 18.7. The molecule has 6 N–H and O–H groups in total. The summed E-state index contributed by atoms with van der Waals surface area (Å²) in [5.41, 5.74) is 2.47. The monoisotopic (exact) mass is 305 g/mol. The number of carbonyl (C=O) groups is 1. The summed E-state index contributed by atoms with van der Waals surface area (Å²) in [6.45, 7) is 0. The minimum absolute atomic E-state index is 0.473. The molecule has 1 aromatic rings. The van der Waals surface area contributed by atoms with E-state index in [1.165, 1.54) is 0 Å². The van der Waals surface area contributed by atoms with Crippen LogP contribution in [0.25, 0.3) is 0 Å². The molecule has 1 saturated heterocycles. The zero-order valence-corrected chi connectivity index (χ0v) is 10.3. The van der Waals surface area contributed by atoms with Crippen LogP contribution in [0.15, 0.2) is 15.8 Å². The maximum Gasteiger partial charge on any atom is 0.330 e. The molecule has 0 radical (unpaired) electrons. The predicted octanol–water partition coefficient (Wildman–Crippen LogP) is -3.86. The number of carbonyl (C=O) groups excluding carboxylic acids is 1. The van der Waals surface area contributed by atoms with Crippen molar-refractivity contribution in [1.29, 1.82) is 0 Å². The van der Waals surface area contributed by atoms with Crippen LogP contribution in [-0.4, -0.2) is 55.2 Å². The minimum atomic E-state index is -1.94. The molecule has 1 fully saturated rings. The Bertz CT molecular complexity index is 671. The second-order valence-electron chi connectivity index (χ2n) is 4.46. The van der Waals surface area contributed by atoms with Crippen LogP contribution >= 0.6 is 0 Å². The van der Waals surface area contributed by atoms with Crippen LogP contribution in [0, 0.1) is 5.82 Å². The van der Waals surface area contributed by atoms with Gasteiger partial charge < -0.3 is 25.8 Å². The van der Waals surface area contributed by atoms with Crippen molar-refractivity contribution in [2.75, 3.05) is 0 Å². The van der Waals surface area contributed by atoms with E-state index in [0.717, 1.165) is 0 Å². The van der Waals surface area contributed by atoms with Gasteiger partial charge >= 0.3 is 5.69 Å². The van der Waals surface area contributed by atoms with Gasteiger partial charge in [0.1, 0.15) is 18.3 Å². The van der Waals surface area contributed by atoms with E-state index in [0.29, 0.717) is 10.8 Å². The maximum absolute atomic E-state index is 13.2. The van der Waals surface area contributed by atoms with Gasteiger partial charge in [-0.2, -0.15) is 4.39 Å². The molecule has 1 aromatic heterocycles. The highest BCUT2D eigenvalue weighted by Gasteiger charge is 2.48. The van der Waals surface area contributed by atoms with Crippen LogP contribution in [0.4, 0.5) is 4.39 Å². The summed E-state index contributed by atoms with van der Waals surface area (Å²) in [6, 6.07) is 0. The molecule has 0 aliphatic carbocycles. The summed E-state index contributed by atoms with van der Waals surface area (Å²) >= 11 is 0. The fourth-order valence-corrected chi connectivity index (χ4v) is 1.99. The molecule has 11 heteroatoms. The van der Waals surface area contributed by atoms with E-state index in [9.17, 15) is 34.1 Å². The van der Waals surface area contributed by atoms with Crippen LogP contribution in [-0.2, 0) is 9.53 Å². The van der Waals surface area contributed by atoms with Gasteiger partial charge in [-0.25, -0.2) is 4.79 Å². The van der Waals surface area contributed by atoms with Crippen LogP contribution in [0.5, 0.6) is 0 Å². The molecule has 2 rings (SSSR count). The summed E-state index contributed by atoms with van der Waals surface area (Å²) in [7, 11) is 0. The lowest BCUT2D eigenvalue weighted by molar-refractivity contribution is -0.140. The quantitative estimate of drug-likeness (QED) is 0.380. The molecule has 5 atom stereocenters. The van der Waals surface area contributed by atoms with E-state index in [1.54, 1.807) is 4.98 Å². The number of aliphatic hydroxyl groups excluding tert-OH is 3. The molecular formula is C10H12FN3O7. The van der Waals surface area contributed by atoms with E-state index >= 15 is 0 Å². The van der Waals surface area contributed by atoms with Gasteiger partial charge in [0.05, 0.1) is 6.20 Å². The van der Waals surface area contributed by atoms with Gasteiger partial charge in [-0.3, -0.25) is 19.1 Å². The number of rotatable bonds is 3. The molecule has 0 unspecified atom stereocenters. The van der Waals surface area contributed by atoms with Gasteiger partial charge in [0.25, 0.3) is 5.56 Å². The normalized spacial score (nSPS) is 30.3. The molecule has 2 heterocycles. The average Bonchev–Trinajstić information content (AvgIpc) is 2.70. The fourth-order valence-electron chi connectivity index (χ4n) is 1.99. The van der Waals surface area contributed by atoms with Crippen molar-refractivity contribution in [3.8, 4) is 0 Å². The minimum Gasteiger partial charge on any atom is -0.387 e. The van der Waals surface area contributed by atoms with Crippen molar-refractivity contribution >= 4 is 5.91 Å². The Balaban J connectivity index is 2.38. The third-order valence-electron chi connectivity index (χ3n) is 3.08. The Labute approximate surface area is 115 Å². The molecule has 116 valence electrons. The second-order valence-corrected chi connectivity index (χ2v) is 4.46. The zero-order valence-electron chi connectivity index (χ0n) is 10.3. The Morgan fingerprint density at radius 1 is 1.43 bits per heavy atom. The van der Waals surface area contributed by atoms with Gasteiger partial charge in [-0.05, 0) is 0 Å². The van der Waals surface area contributed by atoms with Crippen molar-refractivity contribution in [2.24, 2.45) is 5.73 Å². The van der Waals surface area contributed by atoms with E-state index in [-0.39, 0.29) is 0 Å². The molecule has 0 aromatic carbocycles. The first-order valence-corrected chi connectivity index (χ1v) is 5.74. The Hall–Kier alpha value is -2.08. The average molecular weight is 305 g/mol. The Morgan fingerprint density at radius 3 is 2.62 bits per heavy atom. The molecule has 1 aliphatic heterocycles. The lowest BCUT2D eigenvalue weighted by Gasteiger charge is -2.18. The molecular weight excluding hydrogens is 293 g/mol. The highest BCUT2D eigenvalue weighted by Crippen LogP contribution is 2.30. The van der Waals surface area contributed by atoms with Crippen LogP contribution in [0.1, 0.15) is 6.23 Å². The zero-order chi connectivity index (χ0) is 15.9. The molecule has 0 spiro atoms. The van der Waals surface area contributed by atoms with Crippen LogP contribution in [0.3, 0.4) is 0 Å². The van der Waals surface area contributed by atoms with Crippen molar-refractivity contribution in [3.63, 3.8) is 0 Å². The number of amides is 1. The number of aliphatic hydroxyl groups is 3. The lowest BCUT2D eigenvalue weighted by atomic mass is 10.1. The number of hydrogen-bond donors (Lipinski definition) is 5. The SMILES string of the molecule is NC(=O)[C@@H](O)[C@H]1O[C@@H](n2cc(F)c(=O)[nH]c2=O)[C@H](O)[C@H]1O. The van der Waals surface area contributed by atoms with E-state index in [4.69, 9.17) is 10.5 Å². The number of halogens is 1. The molecule has 0 bridgehead atoms. The first-order valence-electron chi connectivity index (χ1n) is 5.74. The molecule has 1 amide bonds. The fraction of sp³-hybridized carbons (Fsp3) is 0.500. The second kappa shape index (κ2) is 5.37. The summed E-state index contributed by atoms with van der Waals surface area (Å²) in [6.07, 6.45) is -8.20. The first-order chi connectivity index (χ1) is 9.73. The summed E-state index contributed by atoms with van der Waals surface area (Å²) in [5, 5.41) is 28.9. The van der Waals surface area contributed by atoms with Crippen molar-refractivity contribution in [1.82, 2.24) is 9.55 Å². The number of hydrogen-bond acceptors (Lipinski definition) is 7. The summed E-state index contributed by atoms with van der Waals surface area (Å²) in [5.74, 6) is -2.54. The van der Waals surface area contributed by atoms with Gasteiger partial charge in [0, 0.05) is 0 Å². The first kappa shape index (κ1) is 15.3. The number of ether oxygens (including phenoxy) is 1. The highest BCUT2D eigenvalue weighted by atomic mass is 19.1. The van der Waals surface area contributed by atoms with Crippen LogP contribution < -0.4 is 17.0 Å². The smallest absolute Gasteiger partial charge is 0.330 e. The largest absolute Gasteiger partial charge is 0.387 e. The third kappa shape index (κ3) is 2.58. The molecule has 0 saturated carbocycles. The van der Waals surface area contributed by atoms with Crippen molar-refractivity contribution in [3.05, 3.63) is 32.9 Å². The number of primary amides is 1. The van der Waals surface area contributed by atoms with E-state index < -0.39 is 53.6 Å². The maximum atomic E-state index is 13.2. The number of nitrogens with one attached hydrogen (secondary N) is 1. The topological polar surface area (TPSA) is 168 Å². The van der Waals surface area contributed by atoms with Crippen molar-refractivity contribution in [2.45, 2.75) is 30.6 Å². The number of H-pyrrole nitrogens is 1. The highest BCUT2D eigenvalue weighted by molar-refractivity contribution is 5.79. The Morgan fingerprint density at radius 2 is 2.05 bits per heavy atom. The molecule has 21 heavy (non-hydrogen) atoms. The van der Waals surface area contributed by atoms with E-state index in [2.05, 4.69) is 0 Å². The number of nitrogens with zero attached hydrogens (tertiary/aromatic N) is 1. The number of aromatic nitrogens is 2. The van der Waals surface area contributed by atoms with Gasteiger partial charge in [-0.1, -0.05) is 0 Å². The third-order valence-corrected chi connectivity index (χ3v) is 3.08. The number of nitrogens with two attached hydrogens (primary N) is 1. The molecule has 1 aliphatic rings. The lowest BCUT2D eigenvalue weighted by Crippen LogP contribution is -2.45. The van der Waals surface area contributed by atoms with E-state index in [1.807, 2.05) is 0 Å². The number of aromatic amines is 1. The standard InChI is InChI=1S/C10H12FN3O7/c11-2-1-14(10(20)13-8(2)19)9-4(16)3(15)6(21-9)5(17)7(12)18/h1,3-6,9,15-17H,(H2,12,18)(H,13,19,20)/t3-,4-,5+,6+,9-/m1/s1. The van der Waals surface area contributed by atoms with Gasteiger partial charge in [0.15, 0.2) is 12.3 Å².